The molecule has 0 atom stereocenters. The number of nitro benzene ring substituents is 2. The van der Waals surface area contributed by atoms with Crippen molar-refractivity contribution in [1.29, 1.82) is 0 Å². The number of nitrogens with zero attached hydrogens (tertiary/aromatic N) is 2. The minimum Gasteiger partial charge on any atom is -0.379 e. The second-order valence-electron chi connectivity index (χ2n) is 3.53. The second kappa shape index (κ2) is 5.74. The quantitative estimate of drug-likeness (QED) is 0.399. The Morgan fingerprint density at radius 2 is 1.84 bits per heavy atom. The van der Waals surface area contributed by atoms with Gasteiger partial charge in [0.1, 0.15) is 5.69 Å². The van der Waals surface area contributed by atoms with Crippen LogP contribution in [0.25, 0.3) is 0 Å². The van der Waals surface area contributed by atoms with Gasteiger partial charge in [-0.2, -0.15) is 0 Å². The van der Waals surface area contributed by atoms with E-state index in [-0.39, 0.29) is 12.2 Å². The third kappa shape index (κ3) is 4.62. The molecule has 1 aromatic rings. The zero-order chi connectivity index (χ0) is 14.6. The molecule has 104 valence electrons. The van der Waals surface area contributed by atoms with Crippen molar-refractivity contribution in [1.82, 2.24) is 0 Å². The van der Waals surface area contributed by atoms with Crippen LogP contribution in [0.3, 0.4) is 0 Å². The Hall–Kier alpha value is -2.03. The summed E-state index contributed by atoms with van der Waals surface area (Å²) in [6, 6.07) is 2.96. The van der Waals surface area contributed by atoms with Gasteiger partial charge in [0.2, 0.25) is 0 Å². The fourth-order valence-corrected chi connectivity index (χ4v) is 1.67. The first kappa shape index (κ1) is 15.0. The third-order valence-electron chi connectivity index (χ3n) is 2.11. The molecule has 0 aliphatic carbocycles. The predicted octanol–water partition coefficient (Wildman–Crippen LogP) is 1.09. The van der Waals surface area contributed by atoms with E-state index in [1.807, 2.05) is 0 Å². The average Bonchev–Trinajstić information content (AvgIpc) is 2.27. The first-order valence-electron chi connectivity index (χ1n) is 4.92. The molecule has 0 aromatic heterocycles. The lowest BCUT2D eigenvalue weighted by Gasteiger charge is -2.07. The molecule has 11 heteroatoms. The van der Waals surface area contributed by atoms with Crippen LogP contribution >= 0.6 is 7.60 Å². The van der Waals surface area contributed by atoms with Crippen molar-refractivity contribution in [3.63, 3.8) is 0 Å². The van der Waals surface area contributed by atoms with Gasteiger partial charge in [-0.15, -0.1) is 0 Å². The van der Waals surface area contributed by atoms with Crippen LogP contribution < -0.4 is 5.32 Å². The maximum Gasteiger partial charge on any atom is 0.327 e. The van der Waals surface area contributed by atoms with Crippen LogP contribution in [0.1, 0.15) is 0 Å². The maximum absolute atomic E-state index is 10.7. The van der Waals surface area contributed by atoms with E-state index >= 15 is 0 Å². The van der Waals surface area contributed by atoms with E-state index in [0.29, 0.717) is 0 Å². The van der Waals surface area contributed by atoms with Crippen LogP contribution in [-0.4, -0.2) is 32.3 Å². The summed E-state index contributed by atoms with van der Waals surface area (Å²) in [7, 11) is -4.21. The average molecular weight is 291 g/mol. The molecule has 0 aliphatic rings. The van der Waals surface area contributed by atoms with E-state index in [4.69, 9.17) is 9.79 Å². The van der Waals surface area contributed by atoms with E-state index in [2.05, 4.69) is 5.32 Å². The lowest BCUT2D eigenvalue weighted by molar-refractivity contribution is -0.393. The largest absolute Gasteiger partial charge is 0.379 e. The summed E-state index contributed by atoms with van der Waals surface area (Å²) in [4.78, 5) is 36.9. The zero-order valence-electron chi connectivity index (χ0n) is 9.42. The first-order chi connectivity index (χ1) is 8.70. The Morgan fingerprint density at radius 1 is 1.21 bits per heavy atom. The topological polar surface area (TPSA) is 156 Å². The van der Waals surface area contributed by atoms with Gasteiger partial charge in [-0.05, 0) is 6.07 Å². The van der Waals surface area contributed by atoms with E-state index in [1.54, 1.807) is 0 Å². The van der Waals surface area contributed by atoms with Gasteiger partial charge in [0.05, 0.1) is 22.1 Å². The molecule has 0 heterocycles. The van der Waals surface area contributed by atoms with E-state index in [0.717, 1.165) is 18.2 Å². The summed E-state index contributed by atoms with van der Waals surface area (Å²) in [6.07, 6.45) is -0.499. The molecule has 0 aliphatic heterocycles. The standard InChI is InChI=1S/C8H10N3O7P/c12-10(13)6-1-2-7(8(5-6)11(14)15)9-3-4-19(16,17)18/h1-2,5,9H,3-4H2,(H2,16,17,18). The molecule has 0 unspecified atom stereocenters. The van der Waals surface area contributed by atoms with Gasteiger partial charge in [-0.3, -0.25) is 24.8 Å². The normalized spacial score (nSPS) is 11.1. The van der Waals surface area contributed by atoms with Crippen LogP contribution in [0.15, 0.2) is 18.2 Å². The van der Waals surface area contributed by atoms with Crippen LogP contribution in [0.4, 0.5) is 17.1 Å². The molecular weight excluding hydrogens is 281 g/mol. The highest BCUT2D eigenvalue weighted by atomic mass is 31.2. The number of hydrogen-bond donors (Lipinski definition) is 3. The molecule has 3 N–H and O–H groups in total. The van der Waals surface area contributed by atoms with Crippen molar-refractivity contribution in [2.24, 2.45) is 0 Å². The third-order valence-corrected chi connectivity index (χ3v) is 2.91. The maximum atomic E-state index is 10.7. The van der Waals surface area contributed by atoms with E-state index in [1.165, 1.54) is 0 Å². The highest BCUT2D eigenvalue weighted by molar-refractivity contribution is 7.51. The smallest absolute Gasteiger partial charge is 0.327 e. The lowest BCUT2D eigenvalue weighted by atomic mass is 10.2. The molecule has 19 heavy (non-hydrogen) atoms. The summed E-state index contributed by atoms with van der Waals surface area (Å²) in [5, 5.41) is 23.7. The number of anilines is 1. The van der Waals surface area contributed by atoms with Crippen molar-refractivity contribution < 1.29 is 24.2 Å². The number of hydrogen-bond acceptors (Lipinski definition) is 6. The highest BCUT2D eigenvalue weighted by Crippen LogP contribution is 2.34. The van der Waals surface area contributed by atoms with Gasteiger partial charge < -0.3 is 15.1 Å². The van der Waals surface area contributed by atoms with E-state index in [9.17, 15) is 24.8 Å². The van der Waals surface area contributed by atoms with Crippen molar-refractivity contribution >= 4 is 24.7 Å². The Labute approximate surface area is 106 Å². The molecule has 0 fully saturated rings. The van der Waals surface area contributed by atoms with Crippen molar-refractivity contribution in [2.45, 2.75) is 0 Å². The summed E-state index contributed by atoms with van der Waals surface area (Å²) in [5.41, 5.74) is -1.00. The van der Waals surface area contributed by atoms with Crippen LogP contribution in [0.2, 0.25) is 0 Å². The number of non-ortho nitro benzene ring substituents is 1. The zero-order valence-corrected chi connectivity index (χ0v) is 10.3. The SMILES string of the molecule is O=[N+]([O-])c1ccc(NCCP(=O)(O)O)c([N+](=O)[O-])c1. The predicted molar refractivity (Wildman–Crippen MR) is 65.2 cm³/mol. The van der Waals surface area contributed by atoms with Gasteiger partial charge in [-0.25, -0.2) is 0 Å². The molecule has 0 bridgehead atoms. The van der Waals surface area contributed by atoms with Crippen LogP contribution in [0.5, 0.6) is 0 Å². The van der Waals surface area contributed by atoms with Gasteiger partial charge in [0, 0.05) is 12.6 Å². The minimum absolute atomic E-state index is 0.0379. The Kier molecular flexibility index (Phi) is 4.54. The Morgan fingerprint density at radius 3 is 2.32 bits per heavy atom. The number of benzene rings is 1. The number of rotatable bonds is 6. The molecular formula is C8H10N3O7P. The van der Waals surface area contributed by atoms with Gasteiger partial charge >= 0.3 is 7.60 Å². The summed E-state index contributed by atoms with van der Waals surface area (Å²) >= 11 is 0. The van der Waals surface area contributed by atoms with Crippen molar-refractivity contribution in [3.05, 3.63) is 38.4 Å². The Balaban J connectivity index is 2.91. The minimum atomic E-state index is -4.21. The Bertz CT molecular complexity index is 555. The van der Waals surface area contributed by atoms with Crippen molar-refractivity contribution in [2.75, 3.05) is 18.0 Å². The molecule has 1 rings (SSSR count). The summed E-state index contributed by atoms with van der Waals surface area (Å²) < 4.78 is 10.6. The summed E-state index contributed by atoms with van der Waals surface area (Å²) in [6.45, 7) is -0.192. The fraction of sp³-hybridized carbons (Fsp3) is 0.250. The molecule has 0 saturated heterocycles. The molecule has 0 spiro atoms. The lowest BCUT2D eigenvalue weighted by Crippen LogP contribution is -2.08. The van der Waals surface area contributed by atoms with E-state index < -0.39 is 35.0 Å². The number of nitro groups is 2. The van der Waals surface area contributed by atoms with Gasteiger partial charge in [0.25, 0.3) is 11.4 Å². The fourth-order valence-electron chi connectivity index (χ4n) is 1.27. The van der Waals surface area contributed by atoms with Crippen LogP contribution in [0, 0.1) is 20.2 Å². The molecule has 0 saturated carbocycles. The molecule has 1 aromatic carbocycles. The monoisotopic (exact) mass is 291 g/mol. The van der Waals surface area contributed by atoms with Gasteiger partial charge in [0.15, 0.2) is 0 Å². The number of nitrogens with one attached hydrogen (secondary N) is 1. The van der Waals surface area contributed by atoms with Crippen molar-refractivity contribution in [3.8, 4) is 0 Å². The molecule has 0 amide bonds. The van der Waals surface area contributed by atoms with Crippen LogP contribution in [-0.2, 0) is 4.57 Å². The highest BCUT2D eigenvalue weighted by Gasteiger charge is 2.20. The molecule has 0 radical (unpaired) electrons. The first-order valence-corrected chi connectivity index (χ1v) is 6.72. The second-order valence-corrected chi connectivity index (χ2v) is 5.31. The van der Waals surface area contributed by atoms with Gasteiger partial charge in [-0.1, -0.05) is 0 Å². The summed E-state index contributed by atoms with van der Waals surface area (Å²) in [5.74, 6) is 0. The molecule has 10 nitrogen and oxygen atoms in total.